The number of methoxy groups -OCH3 is 1. The summed E-state index contributed by atoms with van der Waals surface area (Å²) in [7, 11) is 1.57. The predicted molar refractivity (Wildman–Crippen MR) is 140 cm³/mol. The van der Waals surface area contributed by atoms with Crippen LogP contribution in [-0.4, -0.2) is 50.8 Å². The molecule has 1 aromatic heterocycles. The number of pyridine rings is 1. The minimum Gasteiger partial charge on any atom is -0.495 e. The summed E-state index contributed by atoms with van der Waals surface area (Å²) >= 11 is 0. The molecule has 178 valence electrons. The molecule has 4 aromatic rings. The number of piperazine rings is 1. The number of amides is 1. The largest absolute Gasteiger partial charge is 0.495 e. The summed E-state index contributed by atoms with van der Waals surface area (Å²) in [5, 5.41) is 3.81. The number of carbonyl (C=O) groups is 1. The van der Waals surface area contributed by atoms with E-state index in [-0.39, 0.29) is 12.5 Å². The third-order valence-electron chi connectivity index (χ3n) is 6.13. The van der Waals surface area contributed by atoms with Crippen LogP contribution < -0.4 is 24.6 Å². The van der Waals surface area contributed by atoms with Gasteiger partial charge < -0.3 is 24.6 Å². The Bertz CT molecular complexity index is 1300. The zero-order valence-corrected chi connectivity index (χ0v) is 19.7. The van der Waals surface area contributed by atoms with E-state index in [0.29, 0.717) is 17.2 Å². The molecule has 0 spiro atoms. The maximum atomic E-state index is 12.5. The van der Waals surface area contributed by atoms with Crippen LogP contribution in [0.3, 0.4) is 0 Å². The summed E-state index contributed by atoms with van der Waals surface area (Å²) in [4.78, 5) is 22.1. The van der Waals surface area contributed by atoms with Crippen LogP contribution in [0.5, 0.6) is 11.5 Å². The first-order valence-electron chi connectivity index (χ1n) is 11.7. The van der Waals surface area contributed by atoms with E-state index in [4.69, 9.17) is 14.5 Å². The molecule has 35 heavy (non-hydrogen) atoms. The lowest BCUT2D eigenvalue weighted by molar-refractivity contribution is -0.118. The van der Waals surface area contributed by atoms with Crippen LogP contribution in [0.2, 0.25) is 0 Å². The van der Waals surface area contributed by atoms with Gasteiger partial charge in [-0.05, 0) is 42.5 Å². The van der Waals surface area contributed by atoms with Gasteiger partial charge in [-0.1, -0.05) is 42.5 Å². The highest BCUT2D eigenvalue weighted by molar-refractivity contribution is 5.94. The molecule has 1 aliphatic heterocycles. The standard InChI is InChI=1S/C28H28N4O3/c1-34-24-12-6-5-11-23(24)29-27(33)20-35-25-13-7-8-21-14-15-26(30-28(21)25)32-18-16-31(17-19-32)22-9-3-2-4-10-22/h2-15H,16-20H2,1H3,(H,29,33). The van der Waals surface area contributed by atoms with E-state index in [1.807, 2.05) is 36.4 Å². The quantitative estimate of drug-likeness (QED) is 0.428. The molecule has 1 aliphatic rings. The van der Waals surface area contributed by atoms with Crippen molar-refractivity contribution in [3.05, 3.63) is 84.9 Å². The zero-order chi connectivity index (χ0) is 24.0. The molecule has 7 nitrogen and oxygen atoms in total. The number of benzene rings is 3. The number of ether oxygens (including phenoxy) is 2. The maximum absolute atomic E-state index is 12.5. The molecule has 0 aliphatic carbocycles. The molecule has 1 fully saturated rings. The zero-order valence-electron chi connectivity index (χ0n) is 19.7. The van der Waals surface area contributed by atoms with Gasteiger partial charge in [0.2, 0.25) is 0 Å². The fraction of sp³-hybridized carbons (Fsp3) is 0.214. The molecule has 2 heterocycles. The van der Waals surface area contributed by atoms with Gasteiger partial charge in [-0.2, -0.15) is 0 Å². The number of hydrogen-bond acceptors (Lipinski definition) is 6. The van der Waals surface area contributed by atoms with Crippen LogP contribution in [0.1, 0.15) is 0 Å². The van der Waals surface area contributed by atoms with E-state index in [1.54, 1.807) is 19.2 Å². The van der Waals surface area contributed by atoms with Crippen LogP contribution >= 0.6 is 0 Å². The van der Waals surface area contributed by atoms with Gasteiger partial charge in [0.05, 0.1) is 12.8 Å². The Hall–Kier alpha value is -4.26. The lowest BCUT2D eigenvalue weighted by Gasteiger charge is -2.36. The minimum atomic E-state index is -0.264. The second-order valence-corrected chi connectivity index (χ2v) is 8.34. The third-order valence-corrected chi connectivity index (χ3v) is 6.13. The van der Waals surface area contributed by atoms with Crippen molar-refractivity contribution < 1.29 is 14.3 Å². The molecule has 5 rings (SSSR count). The molecule has 3 aromatic carbocycles. The average Bonchev–Trinajstić information content (AvgIpc) is 2.92. The molecular formula is C28H28N4O3. The Balaban J connectivity index is 1.26. The SMILES string of the molecule is COc1ccccc1NC(=O)COc1cccc2ccc(N3CCN(c4ccccc4)CC3)nc12. The first kappa shape index (κ1) is 22.5. The number of hydrogen-bond donors (Lipinski definition) is 1. The molecule has 0 atom stereocenters. The number of rotatable bonds is 7. The van der Waals surface area contributed by atoms with Crippen molar-refractivity contribution in [1.82, 2.24) is 4.98 Å². The van der Waals surface area contributed by atoms with Crippen molar-refractivity contribution in [2.45, 2.75) is 0 Å². The number of aromatic nitrogens is 1. The lowest BCUT2D eigenvalue weighted by atomic mass is 10.2. The van der Waals surface area contributed by atoms with Crippen LogP contribution in [0, 0.1) is 0 Å². The summed E-state index contributed by atoms with van der Waals surface area (Å²) < 4.78 is 11.2. The Morgan fingerprint density at radius 1 is 0.829 bits per heavy atom. The first-order chi connectivity index (χ1) is 17.2. The van der Waals surface area contributed by atoms with Crippen LogP contribution in [0.15, 0.2) is 84.9 Å². The predicted octanol–water partition coefficient (Wildman–Crippen LogP) is 4.59. The summed E-state index contributed by atoms with van der Waals surface area (Å²) in [6.45, 7) is 3.52. The Morgan fingerprint density at radius 3 is 2.34 bits per heavy atom. The van der Waals surface area contributed by atoms with Gasteiger partial charge in [0.1, 0.15) is 22.8 Å². The average molecular weight is 469 g/mol. The van der Waals surface area contributed by atoms with Crippen molar-refractivity contribution in [2.75, 3.05) is 55.0 Å². The maximum Gasteiger partial charge on any atom is 0.262 e. The Kier molecular flexibility index (Phi) is 6.66. The van der Waals surface area contributed by atoms with Crippen LogP contribution in [0.4, 0.5) is 17.2 Å². The van der Waals surface area contributed by atoms with Gasteiger partial charge in [0, 0.05) is 37.3 Å². The van der Waals surface area contributed by atoms with E-state index >= 15 is 0 Å². The van der Waals surface area contributed by atoms with Gasteiger partial charge in [0.25, 0.3) is 5.91 Å². The monoisotopic (exact) mass is 468 g/mol. The van der Waals surface area contributed by atoms with Crippen molar-refractivity contribution in [2.24, 2.45) is 0 Å². The van der Waals surface area contributed by atoms with Crippen LogP contribution in [-0.2, 0) is 4.79 Å². The van der Waals surface area contributed by atoms with Gasteiger partial charge in [0.15, 0.2) is 6.61 Å². The molecule has 7 heteroatoms. The van der Waals surface area contributed by atoms with E-state index in [1.165, 1.54) is 5.69 Å². The molecule has 0 bridgehead atoms. The highest BCUT2D eigenvalue weighted by Crippen LogP contribution is 2.28. The molecule has 1 saturated heterocycles. The van der Waals surface area contributed by atoms with E-state index < -0.39 is 0 Å². The van der Waals surface area contributed by atoms with Crippen molar-refractivity contribution in [3.8, 4) is 11.5 Å². The van der Waals surface area contributed by atoms with E-state index in [0.717, 1.165) is 42.9 Å². The number of para-hydroxylation sites is 4. The number of nitrogens with one attached hydrogen (secondary N) is 1. The van der Waals surface area contributed by atoms with Crippen LogP contribution in [0.25, 0.3) is 10.9 Å². The van der Waals surface area contributed by atoms with Gasteiger partial charge >= 0.3 is 0 Å². The number of fused-ring (bicyclic) bond motifs is 1. The topological polar surface area (TPSA) is 66.9 Å². The molecule has 1 N–H and O–H groups in total. The molecule has 0 radical (unpaired) electrons. The van der Waals surface area contributed by atoms with E-state index in [2.05, 4.69) is 51.5 Å². The summed E-state index contributed by atoms with van der Waals surface area (Å²) in [6.07, 6.45) is 0. The first-order valence-corrected chi connectivity index (χ1v) is 11.7. The fourth-order valence-corrected chi connectivity index (χ4v) is 4.31. The molecular weight excluding hydrogens is 440 g/mol. The second-order valence-electron chi connectivity index (χ2n) is 8.34. The van der Waals surface area contributed by atoms with Crippen molar-refractivity contribution in [3.63, 3.8) is 0 Å². The summed E-state index contributed by atoms with van der Waals surface area (Å²) in [6, 6.07) is 27.7. The fourth-order valence-electron chi connectivity index (χ4n) is 4.31. The van der Waals surface area contributed by atoms with Crippen molar-refractivity contribution in [1.29, 1.82) is 0 Å². The number of nitrogens with zero attached hydrogens (tertiary/aromatic N) is 3. The third kappa shape index (κ3) is 5.14. The normalized spacial score (nSPS) is 13.5. The second kappa shape index (κ2) is 10.3. The summed E-state index contributed by atoms with van der Waals surface area (Å²) in [5.74, 6) is 1.84. The highest BCUT2D eigenvalue weighted by Gasteiger charge is 2.19. The molecule has 1 amide bonds. The number of carbonyl (C=O) groups excluding carboxylic acids is 1. The molecule has 0 saturated carbocycles. The lowest BCUT2D eigenvalue weighted by Crippen LogP contribution is -2.46. The van der Waals surface area contributed by atoms with Crippen molar-refractivity contribution >= 4 is 34.0 Å². The van der Waals surface area contributed by atoms with Gasteiger partial charge in [-0.3, -0.25) is 4.79 Å². The van der Waals surface area contributed by atoms with Gasteiger partial charge in [-0.25, -0.2) is 4.98 Å². The highest BCUT2D eigenvalue weighted by atomic mass is 16.5. The van der Waals surface area contributed by atoms with E-state index in [9.17, 15) is 4.79 Å². The smallest absolute Gasteiger partial charge is 0.262 e. The Morgan fingerprint density at radius 2 is 1.54 bits per heavy atom. The van der Waals surface area contributed by atoms with Gasteiger partial charge in [-0.15, -0.1) is 0 Å². The number of anilines is 3. The molecule has 0 unspecified atom stereocenters. The summed E-state index contributed by atoms with van der Waals surface area (Å²) in [5.41, 5.74) is 2.61. The minimum absolute atomic E-state index is 0.126. The Labute approximate surface area is 204 Å².